The summed E-state index contributed by atoms with van der Waals surface area (Å²) in [6.45, 7) is 7.94. The predicted octanol–water partition coefficient (Wildman–Crippen LogP) is 1.17. The number of urea groups is 1. The van der Waals surface area contributed by atoms with E-state index in [9.17, 15) is 17.6 Å². The Hall–Kier alpha value is -1.46. The molecule has 1 heterocycles. The van der Waals surface area contributed by atoms with Gasteiger partial charge in [-0.15, -0.1) is 0 Å². The first-order chi connectivity index (χ1) is 13.8. The van der Waals surface area contributed by atoms with Crippen LogP contribution < -0.4 is 34.9 Å². The third kappa shape index (κ3) is 7.01. The normalized spacial score (nSPS) is 11.7. The number of nitrogens with zero attached hydrogens (tertiary/aromatic N) is 4. The summed E-state index contributed by atoms with van der Waals surface area (Å²) >= 11 is 0. The van der Waals surface area contributed by atoms with Crippen LogP contribution in [0.4, 0.5) is 14.9 Å². The Morgan fingerprint density at radius 1 is 1.16 bits per heavy atom. The van der Waals surface area contributed by atoms with Gasteiger partial charge in [0.25, 0.3) is 0 Å². The van der Waals surface area contributed by atoms with E-state index in [1.165, 1.54) is 22.9 Å². The Bertz CT molecular complexity index is 1010. The second kappa shape index (κ2) is 10.9. The van der Waals surface area contributed by atoms with Crippen LogP contribution in [-0.2, 0) is 23.6 Å². The first-order valence-electron chi connectivity index (χ1n) is 9.61. The minimum atomic E-state index is -4.30. The van der Waals surface area contributed by atoms with E-state index in [2.05, 4.69) is 15.1 Å². The number of hydrogen-bond donors (Lipinski definition) is 1. The zero-order chi connectivity index (χ0) is 22.8. The van der Waals surface area contributed by atoms with Gasteiger partial charge >= 0.3 is 29.6 Å². The first kappa shape index (κ1) is 27.6. The van der Waals surface area contributed by atoms with Crippen molar-refractivity contribution in [2.45, 2.75) is 51.1 Å². The van der Waals surface area contributed by atoms with Crippen molar-refractivity contribution < 1.29 is 47.2 Å². The molecule has 1 aromatic carbocycles. The molecule has 8 nitrogen and oxygen atoms in total. The number of aromatic nitrogens is 2. The second-order valence-corrected chi connectivity index (χ2v) is 9.65. The maximum absolute atomic E-state index is 14.0. The summed E-state index contributed by atoms with van der Waals surface area (Å²) in [6, 6.07) is 3.02. The molecule has 2 rings (SSSR count). The van der Waals surface area contributed by atoms with Gasteiger partial charge in [0.15, 0.2) is 11.1 Å². The number of halogens is 1. The van der Waals surface area contributed by atoms with E-state index in [-0.39, 0.29) is 46.4 Å². The van der Waals surface area contributed by atoms with E-state index in [1.54, 1.807) is 7.05 Å². The Morgan fingerprint density at radius 3 is 2.13 bits per heavy atom. The topological polar surface area (TPSA) is 98.4 Å². The molecule has 0 fully saturated rings. The monoisotopic (exact) mass is 461 g/mol. The molecular formula is C20H29FN5NaO3S. The first-order valence-corrected chi connectivity index (χ1v) is 11.1. The number of sulfonamides is 1. The fraction of sp³-hybridized carbons (Fsp3) is 0.500. The minimum Gasteiger partial charge on any atom is -0.423 e. The zero-order valence-electron chi connectivity index (χ0n) is 19.4. The van der Waals surface area contributed by atoms with Gasteiger partial charge in [-0.1, -0.05) is 27.7 Å². The molecule has 0 aliphatic carbocycles. The van der Waals surface area contributed by atoms with E-state index in [0.29, 0.717) is 29.1 Å². The van der Waals surface area contributed by atoms with Crippen molar-refractivity contribution in [3.63, 3.8) is 0 Å². The second-order valence-electron chi connectivity index (χ2n) is 8.10. The molecule has 0 aliphatic heterocycles. The Labute approximate surface area is 205 Å². The smallest absolute Gasteiger partial charge is 0.423 e. The van der Waals surface area contributed by atoms with Crippen LogP contribution in [0, 0.1) is 5.82 Å². The van der Waals surface area contributed by atoms with Crippen LogP contribution in [0.5, 0.6) is 0 Å². The predicted molar refractivity (Wildman–Crippen MR) is 115 cm³/mol. The van der Waals surface area contributed by atoms with Crippen molar-refractivity contribution in [1.29, 1.82) is 0 Å². The molecule has 0 atom stereocenters. The van der Waals surface area contributed by atoms with E-state index < -0.39 is 21.9 Å². The standard InChI is InChI=1S/C20H30FN5O3S.Na/c1-12(2)16-8-14(21)9-17(13(3)4)19(16)22-20(27)24-30(28,29)18-10-15(11-25(5)6)26(7)23-18;/h8-10,12-13H,11H2,1-7H3,(H2,22,24,27);/q;+1/p-1. The summed E-state index contributed by atoms with van der Waals surface area (Å²) in [7, 11) is 1.02. The Morgan fingerprint density at radius 2 is 1.68 bits per heavy atom. The number of anilines is 1. The van der Waals surface area contributed by atoms with Crippen LogP contribution in [0.2, 0.25) is 0 Å². The number of aryl methyl sites for hydroxylation is 1. The van der Waals surface area contributed by atoms with E-state index in [4.69, 9.17) is 0 Å². The van der Waals surface area contributed by atoms with Crippen molar-refractivity contribution in [1.82, 2.24) is 14.7 Å². The number of benzene rings is 1. The van der Waals surface area contributed by atoms with Gasteiger partial charge in [-0.05, 0) is 60.9 Å². The molecule has 0 unspecified atom stereocenters. The van der Waals surface area contributed by atoms with Gasteiger partial charge in [0.2, 0.25) is 10.0 Å². The molecule has 0 aliphatic rings. The van der Waals surface area contributed by atoms with Gasteiger partial charge in [0.05, 0.1) is 5.69 Å². The minimum absolute atomic E-state index is 0. The molecule has 31 heavy (non-hydrogen) atoms. The Kier molecular flexibility index (Phi) is 9.71. The maximum Gasteiger partial charge on any atom is 1.00 e. The SMILES string of the molecule is CC(C)c1cc(F)cc(C(C)C)c1NC(=O)[N-]S(=O)(=O)c1cc(CN(C)C)n(C)n1.[Na+]. The van der Waals surface area contributed by atoms with Gasteiger partial charge in [-0.3, -0.25) is 9.48 Å². The van der Waals surface area contributed by atoms with Crippen molar-refractivity contribution >= 4 is 21.7 Å². The molecule has 0 bridgehead atoms. The van der Waals surface area contributed by atoms with Gasteiger partial charge in [-0.25, -0.2) is 12.8 Å². The Balaban J connectivity index is 0.00000480. The number of nitrogens with one attached hydrogen (secondary N) is 1. The maximum atomic E-state index is 14.0. The fourth-order valence-electron chi connectivity index (χ4n) is 3.07. The summed E-state index contributed by atoms with van der Waals surface area (Å²) < 4.78 is 44.0. The van der Waals surface area contributed by atoms with Crippen LogP contribution in [-0.4, -0.2) is 43.2 Å². The van der Waals surface area contributed by atoms with Crippen LogP contribution >= 0.6 is 0 Å². The van der Waals surface area contributed by atoms with Crippen molar-refractivity contribution in [3.05, 3.63) is 45.6 Å². The number of hydrogen-bond acceptors (Lipinski definition) is 5. The fourth-order valence-corrected chi connectivity index (χ4v) is 3.93. The average molecular weight is 462 g/mol. The largest absolute Gasteiger partial charge is 1.00 e. The third-order valence-electron chi connectivity index (χ3n) is 4.54. The quantitative estimate of drug-likeness (QED) is 0.624. The number of rotatable bonds is 7. The molecular weight excluding hydrogens is 432 g/mol. The molecule has 2 aromatic rings. The molecule has 0 saturated carbocycles. The van der Waals surface area contributed by atoms with E-state index in [1.807, 2.05) is 46.7 Å². The molecule has 166 valence electrons. The summed E-state index contributed by atoms with van der Waals surface area (Å²) in [5, 5.41) is 6.23. The van der Waals surface area contributed by atoms with Crippen molar-refractivity contribution in [2.24, 2.45) is 7.05 Å². The van der Waals surface area contributed by atoms with E-state index >= 15 is 0 Å². The van der Waals surface area contributed by atoms with Crippen molar-refractivity contribution in [3.8, 4) is 0 Å². The summed E-state index contributed by atoms with van der Waals surface area (Å²) in [5.74, 6) is -0.587. The average Bonchev–Trinajstić information content (AvgIpc) is 2.96. The van der Waals surface area contributed by atoms with Crippen molar-refractivity contribution in [2.75, 3.05) is 19.4 Å². The molecule has 0 saturated heterocycles. The molecule has 11 heteroatoms. The van der Waals surface area contributed by atoms with Crippen LogP contribution in [0.15, 0.2) is 23.2 Å². The number of amides is 2. The van der Waals surface area contributed by atoms with Gasteiger partial charge < -0.3 is 14.9 Å². The van der Waals surface area contributed by atoms with E-state index in [0.717, 1.165) is 0 Å². The van der Waals surface area contributed by atoms with Crippen LogP contribution in [0.25, 0.3) is 4.72 Å². The molecule has 1 N–H and O–H groups in total. The molecule has 1 aromatic heterocycles. The van der Waals surface area contributed by atoms with Gasteiger partial charge in [-0.2, -0.15) is 5.10 Å². The van der Waals surface area contributed by atoms with Crippen LogP contribution in [0.1, 0.15) is 56.4 Å². The third-order valence-corrected chi connectivity index (χ3v) is 5.67. The summed E-state index contributed by atoms with van der Waals surface area (Å²) in [4.78, 5) is 14.4. The molecule has 0 radical (unpaired) electrons. The number of carbonyl (C=O) groups excluding carboxylic acids is 1. The molecule has 2 amide bonds. The summed E-state index contributed by atoms with van der Waals surface area (Å²) in [6.07, 6.45) is 0. The zero-order valence-corrected chi connectivity index (χ0v) is 22.2. The van der Waals surface area contributed by atoms with Gasteiger partial charge in [0.1, 0.15) is 5.82 Å². The van der Waals surface area contributed by atoms with Gasteiger partial charge in [0, 0.05) is 13.6 Å². The number of carbonyl (C=O) groups is 1. The molecule has 0 spiro atoms. The summed E-state index contributed by atoms with van der Waals surface area (Å²) in [5.41, 5.74) is 2.20. The van der Waals surface area contributed by atoms with Crippen LogP contribution in [0.3, 0.4) is 0 Å².